The van der Waals surface area contributed by atoms with Crippen LogP contribution in [0, 0.1) is 11.7 Å². The summed E-state index contributed by atoms with van der Waals surface area (Å²) in [6, 6.07) is 11.9. The van der Waals surface area contributed by atoms with Crippen LogP contribution in [0.2, 0.25) is 0 Å². The van der Waals surface area contributed by atoms with Gasteiger partial charge in [-0.2, -0.15) is 0 Å². The maximum absolute atomic E-state index is 13.6. The number of rotatable bonds is 6. The molecule has 4 aromatic rings. The molecule has 0 radical (unpaired) electrons. The average molecular weight is 379 g/mol. The van der Waals surface area contributed by atoms with Crippen molar-refractivity contribution in [1.29, 1.82) is 0 Å². The standard InChI is InChI=1S/C21H22FN5O/c1-14(2)11-17(21-25-24-19-5-3-4-9-27(19)21)23-20(28)13-26-10-8-15-6-7-16(22)12-18(15)26/h3-10,12,14,17H,11,13H2,1-2H3,(H,23,28)/t17-/m0/s1. The molecular weight excluding hydrogens is 357 g/mol. The number of benzene rings is 1. The molecule has 0 aliphatic heterocycles. The van der Waals surface area contributed by atoms with E-state index in [-0.39, 0.29) is 24.3 Å². The van der Waals surface area contributed by atoms with E-state index in [0.29, 0.717) is 17.3 Å². The van der Waals surface area contributed by atoms with Crippen molar-refractivity contribution in [2.24, 2.45) is 5.92 Å². The molecule has 0 aliphatic carbocycles. The van der Waals surface area contributed by atoms with Crippen LogP contribution in [0.25, 0.3) is 16.6 Å². The largest absolute Gasteiger partial charge is 0.344 e. The van der Waals surface area contributed by atoms with E-state index in [0.717, 1.165) is 17.5 Å². The van der Waals surface area contributed by atoms with Gasteiger partial charge in [0.1, 0.15) is 12.4 Å². The van der Waals surface area contributed by atoms with Crippen LogP contribution in [0.3, 0.4) is 0 Å². The first-order valence-electron chi connectivity index (χ1n) is 9.34. The summed E-state index contributed by atoms with van der Waals surface area (Å²) in [6.07, 6.45) is 4.43. The third kappa shape index (κ3) is 3.60. The summed E-state index contributed by atoms with van der Waals surface area (Å²) in [5.41, 5.74) is 1.44. The van der Waals surface area contributed by atoms with Gasteiger partial charge < -0.3 is 9.88 Å². The van der Waals surface area contributed by atoms with E-state index in [2.05, 4.69) is 29.4 Å². The molecule has 0 aliphatic rings. The summed E-state index contributed by atoms with van der Waals surface area (Å²) in [7, 11) is 0. The van der Waals surface area contributed by atoms with E-state index in [9.17, 15) is 9.18 Å². The second kappa shape index (κ2) is 7.42. The minimum atomic E-state index is -0.319. The van der Waals surface area contributed by atoms with Crippen LogP contribution >= 0.6 is 0 Å². The van der Waals surface area contributed by atoms with E-state index < -0.39 is 0 Å². The van der Waals surface area contributed by atoms with Gasteiger partial charge in [0.15, 0.2) is 11.5 Å². The molecule has 4 rings (SSSR count). The molecule has 1 aromatic carbocycles. The van der Waals surface area contributed by atoms with Gasteiger partial charge >= 0.3 is 0 Å². The lowest BCUT2D eigenvalue weighted by atomic mass is 10.0. The Balaban J connectivity index is 1.58. The topological polar surface area (TPSA) is 64.2 Å². The first kappa shape index (κ1) is 18.2. The Morgan fingerprint density at radius 3 is 2.82 bits per heavy atom. The maximum atomic E-state index is 13.6. The van der Waals surface area contributed by atoms with E-state index in [1.54, 1.807) is 16.8 Å². The van der Waals surface area contributed by atoms with Gasteiger partial charge in [0.25, 0.3) is 0 Å². The number of halogens is 1. The van der Waals surface area contributed by atoms with Gasteiger partial charge in [-0.25, -0.2) is 4.39 Å². The Bertz CT molecular complexity index is 1130. The second-order valence-electron chi connectivity index (χ2n) is 7.38. The second-order valence-corrected chi connectivity index (χ2v) is 7.38. The number of fused-ring (bicyclic) bond motifs is 2. The van der Waals surface area contributed by atoms with E-state index >= 15 is 0 Å². The molecule has 0 unspecified atom stereocenters. The van der Waals surface area contributed by atoms with Crippen molar-refractivity contribution < 1.29 is 9.18 Å². The summed E-state index contributed by atoms with van der Waals surface area (Å²) < 4.78 is 17.2. The molecule has 3 heterocycles. The molecule has 1 atom stereocenters. The Kier molecular flexibility index (Phi) is 4.81. The molecule has 7 heteroatoms. The van der Waals surface area contributed by atoms with Gasteiger partial charge in [-0.1, -0.05) is 19.9 Å². The number of carbonyl (C=O) groups is 1. The van der Waals surface area contributed by atoms with Crippen molar-refractivity contribution in [3.05, 3.63) is 66.5 Å². The van der Waals surface area contributed by atoms with E-state index in [4.69, 9.17) is 0 Å². The highest BCUT2D eigenvalue weighted by molar-refractivity contribution is 5.83. The zero-order valence-corrected chi connectivity index (χ0v) is 15.8. The SMILES string of the molecule is CC(C)C[C@H](NC(=O)Cn1ccc2ccc(F)cc21)c1nnc2ccccn12. The average Bonchev–Trinajstić information content (AvgIpc) is 3.25. The minimum Gasteiger partial charge on any atom is -0.344 e. The first-order valence-corrected chi connectivity index (χ1v) is 9.34. The predicted molar refractivity (Wildman–Crippen MR) is 105 cm³/mol. The predicted octanol–water partition coefficient (Wildman–Crippen LogP) is 3.73. The summed E-state index contributed by atoms with van der Waals surface area (Å²) in [4.78, 5) is 12.8. The van der Waals surface area contributed by atoms with Crippen LogP contribution in [-0.2, 0) is 11.3 Å². The smallest absolute Gasteiger partial charge is 0.240 e. The lowest BCUT2D eigenvalue weighted by molar-refractivity contribution is -0.122. The molecule has 0 spiro atoms. The highest BCUT2D eigenvalue weighted by atomic mass is 19.1. The van der Waals surface area contributed by atoms with Crippen LogP contribution < -0.4 is 5.32 Å². The molecule has 6 nitrogen and oxygen atoms in total. The van der Waals surface area contributed by atoms with Crippen LogP contribution in [0.15, 0.2) is 54.9 Å². The molecule has 3 aromatic heterocycles. The fourth-order valence-corrected chi connectivity index (χ4v) is 3.49. The third-order valence-corrected chi connectivity index (χ3v) is 4.74. The molecule has 0 fully saturated rings. The van der Waals surface area contributed by atoms with Gasteiger partial charge in [-0.15, -0.1) is 10.2 Å². The van der Waals surface area contributed by atoms with Crippen LogP contribution in [0.1, 0.15) is 32.1 Å². The number of carbonyl (C=O) groups excluding carboxylic acids is 1. The number of hydrogen-bond acceptors (Lipinski definition) is 3. The number of aromatic nitrogens is 4. The highest BCUT2D eigenvalue weighted by Gasteiger charge is 2.22. The zero-order valence-electron chi connectivity index (χ0n) is 15.8. The van der Waals surface area contributed by atoms with E-state index in [1.165, 1.54) is 12.1 Å². The number of nitrogens with one attached hydrogen (secondary N) is 1. The highest BCUT2D eigenvalue weighted by Crippen LogP contribution is 2.21. The Morgan fingerprint density at radius 1 is 1.14 bits per heavy atom. The molecular formula is C21H22FN5O. The Morgan fingerprint density at radius 2 is 2.00 bits per heavy atom. The number of nitrogens with zero attached hydrogens (tertiary/aromatic N) is 4. The Labute approximate surface area is 162 Å². The normalized spacial score (nSPS) is 12.7. The zero-order chi connectivity index (χ0) is 19.7. The van der Waals surface area contributed by atoms with Crippen molar-refractivity contribution in [2.75, 3.05) is 0 Å². The van der Waals surface area contributed by atoms with E-state index in [1.807, 2.05) is 34.9 Å². The minimum absolute atomic E-state index is 0.109. The molecule has 28 heavy (non-hydrogen) atoms. The van der Waals surface area contributed by atoms with Gasteiger partial charge in [0.2, 0.25) is 5.91 Å². The molecule has 1 amide bonds. The number of pyridine rings is 1. The fraction of sp³-hybridized carbons (Fsp3) is 0.286. The molecule has 0 bridgehead atoms. The first-order chi connectivity index (χ1) is 13.5. The van der Waals surface area contributed by atoms with Crippen LogP contribution in [0.5, 0.6) is 0 Å². The maximum Gasteiger partial charge on any atom is 0.240 e. The summed E-state index contributed by atoms with van der Waals surface area (Å²) in [5.74, 6) is 0.601. The lowest BCUT2D eigenvalue weighted by Crippen LogP contribution is -2.33. The van der Waals surface area contributed by atoms with Crippen LogP contribution in [0.4, 0.5) is 4.39 Å². The molecule has 1 N–H and O–H groups in total. The van der Waals surface area contributed by atoms with Gasteiger partial charge in [0, 0.05) is 12.4 Å². The number of amides is 1. The van der Waals surface area contributed by atoms with Crippen molar-refractivity contribution in [3.8, 4) is 0 Å². The van der Waals surface area contributed by atoms with Crippen molar-refractivity contribution >= 4 is 22.5 Å². The van der Waals surface area contributed by atoms with Crippen molar-refractivity contribution in [2.45, 2.75) is 32.9 Å². The summed E-state index contributed by atoms with van der Waals surface area (Å²) in [6.45, 7) is 4.31. The van der Waals surface area contributed by atoms with Gasteiger partial charge in [0.05, 0.1) is 11.6 Å². The molecule has 0 saturated heterocycles. The monoisotopic (exact) mass is 379 g/mol. The quantitative estimate of drug-likeness (QED) is 0.555. The lowest BCUT2D eigenvalue weighted by Gasteiger charge is -2.19. The van der Waals surface area contributed by atoms with Crippen LogP contribution in [-0.4, -0.2) is 25.1 Å². The summed E-state index contributed by atoms with van der Waals surface area (Å²) >= 11 is 0. The molecule has 0 saturated carbocycles. The Hall–Kier alpha value is -3.22. The van der Waals surface area contributed by atoms with Crippen molar-refractivity contribution in [3.63, 3.8) is 0 Å². The number of hydrogen-bond donors (Lipinski definition) is 1. The van der Waals surface area contributed by atoms with Gasteiger partial charge in [-0.3, -0.25) is 9.20 Å². The molecule has 144 valence electrons. The van der Waals surface area contributed by atoms with Crippen molar-refractivity contribution in [1.82, 2.24) is 24.5 Å². The third-order valence-electron chi connectivity index (χ3n) is 4.74. The van der Waals surface area contributed by atoms with Gasteiger partial charge in [-0.05, 0) is 54.1 Å². The summed E-state index contributed by atoms with van der Waals surface area (Å²) in [5, 5.41) is 12.5. The fourth-order valence-electron chi connectivity index (χ4n) is 3.49.